The molecule has 28 heavy (non-hydrogen) atoms. The van der Waals surface area contributed by atoms with Crippen molar-refractivity contribution in [3.8, 4) is 0 Å². The fourth-order valence-electron chi connectivity index (χ4n) is 3.80. The quantitative estimate of drug-likeness (QED) is 0.513. The second kappa shape index (κ2) is 10.7. The summed E-state index contributed by atoms with van der Waals surface area (Å²) in [6.07, 6.45) is 5.49. The number of nitrogens with one attached hydrogen (secondary N) is 1. The summed E-state index contributed by atoms with van der Waals surface area (Å²) in [7, 11) is 0. The van der Waals surface area contributed by atoms with Gasteiger partial charge in [0.25, 0.3) is 0 Å². The molecule has 0 aliphatic rings. The topological polar surface area (TPSA) is 57.7 Å². The molecule has 0 spiro atoms. The van der Waals surface area contributed by atoms with Crippen LogP contribution >= 0.6 is 0 Å². The molecule has 148 valence electrons. The monoisotopic (exact) mass is 377 g/mol. The van der Waals surface area contributed by atoms with Crippen LogP contribution < -0.4 is 0 Å². The zero-order chi connectivity index (χ0) is 19.6. The molecule has 1 N–H and O–H groups in total. The van der Waals surface area contributed by atoms with Gasteiger partial charge in [0, 0.05) is 25.0 Å². The van der Waals surface area contributed by atoms with Crippen LogP contribution in [0.5, 0.6) is 0 Å². The Kier molecular flexibility index (Phi) is 7.73. The lowest BCUT2D eigenvalue weighted by Gasteiger charge is -2.37. The Balaban J connectivity index is 1.83. The molecule has 0 aliphatic heterocycles. The van der Waals surface area contributed by atoms with Crippen LogP contribution in [0, 0.1) is 0 Å². The van der Waals surface area contributed by atoms with Crippen LogP contribution in [0.2, 0.25) is 0 Å². The van der Waals surface area contributed by atoms with E-state index in [4.69, 9.17) is 0 Å². The fourth-order valence-corrected chi connectivity index (χ4v) is 3.80. The number of aromatic amines is 1. The minimum Gasteiger partial charge on any atom is -0.289 e. The summed E-state index contributed by atoms with van der Waals surface area (Å²) in [6, 6.07) is 22.4. The first-order chi connectivity index (χ1) is 13.8. The van der Waals surface area contributed by atoms with Gasteiger partial charge in [0.15, 0.2) is 5.82 Å². The van der Waals surface area contributed by atoms with Crippen LogP contribution in [0.1, 0.15) is 62.5 Å². The SMILES string of the molecule is CCCCC(CCc1nn[nH]n1)N(Cc1ccccc1)[C@@H](C)c1ccccc1. The maximum Gasteiger partial charge on any atom is 0.174 e. The first-order valence-electron chi connectivity index (χ1n) is 10.3. The minimum absolute atomic E-state index is 0.341. The number of rotatable bonds is 11. The summed E-state index contributed by atoms with van der Waals surface area (Å²) in [5.74, 6) is 0.800. The number of nitrogens with zero attached hydrogens (tertiary/aromatic N) is 4. The highest BCUT2D eigenvalue weighted by Gasteiger charge is 2.25. The standard InChI is InChI=1S/C23H31N5/c1-3-4-15-22(16-17-23-24-26-27-25-23)28(18-20-11-7-5-8-12-20)19(2)21-13-9-6-10-14-21/h5-14,19,22H,3-4,15-18H2,1-2H3,(H,24,25,26,27)/t19-,22?/m0/s1. The molecule has 1 heterocycles. The Bertz CT molecular complexity index is 773. The summed E-state index contributed by atoms with van der Waals surface area (Å²) in [5, 5.41) is 14.6. The van der Waals surface area contributed by atoms with Gasteiger partial charge in [-0.3, -0.25) is 4.90 Å². The van der Waals surface area contributed by atoms with Crippen LogP contribution in [-0.2, 0) is 13.0 Å². The molecule has 0 fully saturated rings. The van der Waals surface area contributed by atoms with Crippen molar-refractivity contribution < 1.29 is 0 Å². The third-order valence-corrected chi connectivity index (χ3v) is 5.44. The van der Waals surface area contributed by atoms with Gasteiger partial charge in [0.1, 0.15) is 0 Å². The maximum atomic E-state index is 4.15. The number of aryl methyl sites for hydroxylation is 1. The normalized spacial score (nSPS) is 13.5. The number of tetrazole rings is 1. The van der Waals surface area contributed by atoms with Gasteiger partial charge in [0.05, 0.1) is 0 Å². The predicted molar refractivity (Wildman–Crippen MR) is 113 cm³/mol. The maximum absolute atomic E-state index is 4.15. The van der Waals surface area contributed by atoms with E-state index in [1.165, 1.54) is 30.4 Å². The minimum atomic E-state index is 0.341. The molecule has 0 saturated carbocycles. The van der Waals surface area contributed by atoms with Crippen LogP contribution in [0.4, 0.5) is 0 Å². The Labute approximate surface area is 168 Å². The van der Waals surface area contributed by atoms with E-state index in [0.29, 0.717) is 12.1 Å². The molecule has 0 saturated heterocycles. The van der Waals surface area contributed by atoms with Gasteiger partial charge in [-0.15, -0.1) is 10.2 Å². The van der Waals surface area contributed by atoms with Gasteiger partial charge < -0.3 is 0 Å². The molecule has 2 aromatic carbocycles. The van der Waals surface area contributed by atoms with Gasteiger partial charge in [0.2, 0.25) is 0 Å². The summed E-state index contributed by atoms with van der Waals surface area (Å²) < 4.78 is 0. The van der Waals surface area contributed by atoms with Crippen LogP contribution in [0.3, 0.4) is 0 Å². The van der Waals surface area contributed by atoms with E-state index in [-0.39, 0.29) is 0 Å². The fraction of sp³-hybridized carbons (Fsp3) is 0.435. The number of H-pyrrole nitrogens is 1. The predicted octanol–water partition coefficient (Wildman–Crippen LogP) is 4.95. The van der Waals surface area contributed by atoms with E-state index in [1.54, 1.807) is 0 Å². The van der Waals surface area contributed by atoms with Gasteiger partial charge in [-0.25, -0.2) is 0 Å². The Morgan fingerprint density at radius 1 is 0.964 bits per heavy atom. The van der Waals surface area contributed by atoms with E-state index in [2.05, 4.69) is 100 Å². The summed E-state index contributed by atoms with van der Waals surface area (Å²) >= 11 is 0. The number of unbranched alkanes of at least 4 members (excludes halogenated alkanes) is 1. The molecule has 0 radical (unpaired) electrons. The van der Waals surface area contributed by atoms with E-state index in [0.717, 1.165) is 25.2 Å². The second-order valence-electron chi connectivity index (χ2n) is 7.41. The molecule has 0 bridgehead atoms. The third kappa shape index (κ3) is 5.73. The second-order valence-corrected chi connectivity index (χ2v) is 7.41. The lowest BCUT2D eigenvalue weighted by Crippen LogP contribution is -2.37. The Morgan fingerprint density at radius 2 is 1.68 bits per heavy atom. The smallest absolute Gasteiger partial charge is 0.174 e. The average molecular weight is 378 g/mol. The molecule has 1 unspecified atom stereocenters. The molecular formula is C23H31N5. The largest absolute Gasteiger partial charge is 0.289 e. The van der Waals surface area contributed by atoms with Crippen molar-refractivity contribution >= 4 is 0 Å². The average Bonchev–Trinajstić information content (AvgIpc) is 3.27. The van der Waals surface area contributed by atoms with Crippen molar-refractivity contribution in [2.24, 2.45) is 0 Å². The highest BCUT2D eigenvalue weighted by Crippen LogP contribution is 2.28. The molecule has 0 aliphatic carbocycles. The zero-order valence-electron chi connectivity index (χ0n) is 17.0. The first-order valence-corrected chi connectivity index (χ1v) is 10.3. The number of aromatic nitrogens is 4. The van der Waals surface area contributed by atoms with E-state index < -0.39 is 0 Å². The van der Waals surface area contributed by atoms with E-state index >= 15 is 0 Å². The molecule has 5 heteroatoms. The molecule has 3 rings (SSSR count). The highest BCUT2D eigenvalue weighted by atomic mass is 15.5. The van der Waals surface area contributed by atoms with Gasteiger partial charge in [-0.1, -0.05) is 85.6 Å². The van der Waals surface area contributed by atoms with Gasteiger partial charge in [-0.05, 0) is 30.9 Å². The van der Waals surface area contributed by atoms with Crippen molar-refractivity contribution in [3.05, 3.63) is 77.6 Å². The van der Waals surface area contributed by atoms with Crippen molar-refractivity contribution in [1.29, 1.82) is 0 Å². The molecule has 5 nitrogen and oxygen atoms in total. The van der Waals surface area contributed by atoms with Crippen molar-refractivity contribution in [1.82, 2.24) is 25.5 Å². The number of hydrogen-bond acceptors (Lipinski definition) is 4. The van der Waals surface area contributed by atoms with Crippen molar-refractivity contribution in [2.45, 2.75) is 64.6 Å². The van der Waals surface area contributed by atoms with E-state index in [9.17, 15) is 0 Å². The molecule has 1 aromatic heterocycles. The van der Waals surface area contributed by atoms with Crippen LogP contribution in [0.15, 0.2) is 60.7 Å². The molecular weight excluding hydrogens is 346 g/mol. The summed E-state index contributed by atoms with van der Waals surface area (Å²) in [6.45, 7) is 5.53. The van der Waals surface area contributed by atoms with Crippen LogP contribution in [0.25, 0.3) is 0 Å². The van der Waals surface area contributed by atoms with Gasteiger partial charge >= 0.3 is 0 Å². The highest BCUT2D eigenvalue weighted by molar-refractivity contribution is 5.20. The van der Waals surface area contributed by atoms with E-state index in [1.807, 2.05) is 0 Å². The van der Waals surface area contributed by atoms with Gasteiger partial charge in [-0.2, -0.15) is 5.21 Å². The lowest BCUT2D eigenvalue weighted by molar-refractivity contribution is 0.117. The zero-order valence-corrected chi connectivity index (χ0v) is 17.0. The molecule has 3 aromatic rings. The molecule has 0 amide bonds. The van der Waals surface area contributed by atoms with Crippen molar-refractivity contribution in [2.75, 3.05) is 0 Å². The molecule has 2 atom stereocenters. The third-order valence-electron chi connectivity index (χ3n) is 5.44. The number of hydrogen-bond donors (Lipinski definition) is 1. The van der Waals surface area contributed by atoms with Crippen molar-refractivity contribution in [3.63, 3.8) is 0 Å². The summed E-state index contributed by atoms with van der Waals surface area (Å²) in [5.41, 5.74) is 2.71. The Hall–Kier alpha value is -2.53. The summed E-state index contributed by atoms with van der Waals surface area (Å²) in [4.78, 5) is 2.65. The van der Waals surface area contributed by atoms with Crippen LogP contribution in [-0.4, -0.2) is 31.6 Å². The Morgan fingerprint density at radius 3 is 2.32 bits per heavy atom. The number of benzene rings is 2. The first kappa shape index (κ1) is 20.2. The lowest BCUT2D eigenvalue weighted by atomic mass is 9.97.